The van der Waals surface area contributed by atoms with E-state index in [-0.39, 0.29) is 11.4 Å². The minimum atomic E-state index is -0.673. The van der Waals surface area contributed by atoms with E-state index < -0.39 is 16.6 Å². The molecule has 126 valence electrons. The first-order chi connectivity index (χ1) is 10.7. The average molecular weight is 324 g/mol. The van der Waals surface area contributed by atoms with Crippen molar-refractivity contribution in [1.29, 1.82) is 0 Å². The zero-order valence-electron chi connectivity index (χ0n) is 13.7. The van der Waals surface area contributed by atoms with E-state index in [2.05, 4.69) is 5.32 Å². The molecule has 1 N–H and O–H groups in total. The third-order valence-corrected chi connectivity index (χ3v) is 2.53. The molecule has 1 rings (SSSR count). The molecule has 8 heteroatoms. The molecule has 23 heavy (non-hydrogen) atoms. The van der Waals surface area contributed by atoms with E-state index in [1.54, 1.807) is 26.8 Å². The first-order valence-corrected chi connectivity index (χ1v) is 6.74. The predicted molar refractivity (Wildman–Crippen MR) is 85.4 cm³/mol. The summed E-state index contributed by atoms with van der Waals surface area (Å²) in [5.74, 6) is 0.612. The second kappa shape index (κ2) is 7.48. The number of nitro groups is 1. The Balaban J connectivity index is 3.19. The third kappa shape index (κ3) is 5.85. The number of ether oxygens (including phenoxy) is 3. The van der Waals surface area contributed by atoms with Gasteiger partial charge in [0.05, 0.1) is 24.8 Å². The predicted octanol–water partition coefficient (Wildman–Crippen LogP) is 3.30. The maximum Gasteiger partial charge on any atom is 0.412 e. The molecular formula is C15H20N2O6. The van der Waals surface area contributed by atoms with Crippen molar-refractivity contribution in [2.75, 3.05) is 19.5 Å². The molecule has 8 nitrogen and oxygen atoms in total. The highest BCUT2D eigenvalue weighted by molar-refractivity contribution is 5.88. The summed E-state index contributed by atoms with van der Waals surface area (Å²) in [5.41, 5.74) is 0.0827. The van der Waals surface area contributed by atoms with Gasteiger partial charge in [0.15, 0.2) is 11.5 Å². The number of hydrogen-bond donors (Lipinski definition) is 1. The summed E-state index contributed by atoms with van der Waals surface area (Å²) < 4.78 is 15.6. The Labute approximate surface area is 134 Å². The summed E-state index contributed by atoms with van der Waals surface area (Å²) in [4.78, 5) is 21.8. The number of amides is 1. The number of nitrogens with zero attached hydrogens (tertiary/aromatic N) is 1. The van der Waals surface area contributed by atoms with E-state index in [1.807, 2.05) is 0 Å². The minimum Gasteiger partial charge on any atom is -0.493 e. The molecule has 0 saturated heterocycles. The highest BCUT2D eigenvalue weighted by Gasteiger charge is 2.19. The van der Waals surface area contributed by atoms with Crippen molar-refractivity contribution in [3.63, 3.8) is 0 Å². The van der Waals surface area contributed by atoms with Gasteiger partial charge in [-0.25, -0.2) is 4.79 Å². The Morgan fingerprint density at radius 1 is 1.26 bits per heavy atom. The van der Waals surface area contributed by atoms with Gasteiger partial charge in [0.2, 0.25) is 6.20 Å². The van der Waals surface area contributed by atoms with Crippen molar-refractivity contribution in [1.82, 2.24) is 0 Å². The summed E-state index contributed by atoms with van der Waals surface area (Å²) in [6.45, 7) is 5.21. The number of nitrogens with one attached hydrogen (secondary N) is 1. The fourth-order valence-corrected chi connectivity index (χ4v) is 1.74. The Hall–Kier alpha value is -2.77. The van der Waals surface area contributed by atoms with Gasteiger partial charge in [0.25, 0.3) is 0 Å². The molecule has 0 fully saturated rings. The average Bonchev–Trinajstić information content (AvgIpc) is 2.42. The summed E-state index contributed by atoms with van der Waals surface area (Å²) in [7, 11) is 2.85. The number of hydrogen-bond acceptors (Lipinski definition) is 6. The lowest BCUT2D eigenvalue weighted by molar-refractivity contribution is -0.400. The molecule has 0 heterocycles. The van der Waals surface area contributed by atoms with Crippen LogP contribution in [0, 0.1) is 10.1 Å². The van der Waals surface area contributed by atoms with Crippen molar-refractivity contribution < 1.29 is 23.9 Å². The number of benzene rings is 1. The largest absolute Gasteiger partial charge is 0.493 e. The summed E-state index contributed by atoms with van der Waals surface area (Å²) >= 11 is 0. The van der Waals surface area contributed by atoms with Crippen LogP contribution in [0.5, 0.6) is 11.5 Å². The van der Waals surface area contributed by atoms with Gasteiger partial charge in [-0.05, 0) is 38.5 Å². The second-order valence-electron chi connectivity index (χ2n) is 5.53. The van der Waals surface area contributed by atoms with Crippen LogP contribution in [0.3, 0.4) is 0 Å². The number of methoxy groups -OCH3 is 2. The summed E-state index contributed by atoms with van der Waals surface area (Å²) in [6, 6.07) is 3.07. The van der Waals surface area contributed by atoms with Crippen LogP contribution in [-0.4, -0.2) is 30.8 Å². The van der Waals surface area contributed by atoms with Gasteiger partial charge in [-0.3, -0.25) is 15.4 Å². The number of anilines is 1. The van der Waals surface area contributed by atoms with Gasteiger partial charge >= 0.3 is 6.09 Å². The molecule has 0 unspecified atom stereocenters. The standard InChI is InChI=1S/C15H20N2O6/c1-15(2,3)23-14(18)16-11-8-10(6-7-17(19)20)9-12(21-4)13(11)22-5/h6-9H,1-5H3,(H,16,18)/b7-6+. The summed E-state index contributed by atoms with van der Waals surface area (Å²) in [5, 5.41) is 13.0. The maximum absolute atomic E-state index is 11.9. The van der Waals surface area contributed by atoms with Crippen molar-refractivity contribution in [3.8, 4) is 11.5 Å². The SMILES string of the molecule is COc1cc(/C=C/[N+](=O)[O-])cc(NC(=O)OC(C)(C)C)c1OC. The van der Waals surface area contributed by atoms with Gasteiger partial charge in [0, 0.05) is 6.08 Å². The first kappa shape index (κ1) is 18.3. The zero-order chi connectivity index (χ0) is 17.6. The molecule has 0 aliphatic heterocycles. The molecular weight excluding hydrogens is 304 g/mol. The lowest BCUT2D eigenvalue weighted by Gasteiger charge is -2.21. The van der Waals surface area contributed by atoms with E-state index in [9.17, 15) is 14.9 Å². The van der Waals surface area contributed by atoms with Crippen LogP contribution in [0.15, 0.2) is 18.3 Å². The fourth-order valence-electron chi connectivity index (χ4n) is 1.74. The van der Waals surface area contributed by atoms with Crippen LogP contribution in [-0.2, 0) is 4.74 Å². The molecule has 1 amide bonds. The van der Waals surface area contributed by atoms with Crippen LogP contribution in [0.4, 0.5) is 10.5 Å². The van der Waals surface area contributed by atoms with Crippen LogP contribution < -0.4 is 14.8 Å². The fraction of sp³-hybridized carbons (Fsp3) is 0.400. The Morgan fingerprint density at radius 3 is 2.39 bits per heavy atom. The topological polar surface area (TPSA) is 99.9 Å². The number of rotatable bonds is 5. The normalized spacial score (nSPS) is 11.2. The Bertz CT molecular complexity index is 619. The molecule has 0 bridgehead atoms. The monoisotopic (exact) mass is 324 g/mol. The molecule has 0 aromatic heterocycles. The highest BCUT2D eigenvalue weighted by atomic mass is 16.6. The molecule has 0 aliphatic rings. The summed E-state index contributed by atoms with van der Waals surface area (Å²) in [6.07, 6.45) is 1.40. The molecule has 0 atom stereocenters. The zero-order valence-corrected chi connectivity index (χ0v) is 13.7. The smallest absolute Gasteiger partial charge is 0.412 e. The van der Waals surface area contributed by atoms with Gasteiger partial charge < -0.3 is 14.2 Å². The highest BCUT2D eigenvalue weighted by Crippen LogP contribution is 2.37. The Morgan fingerprint density at radius 2 is 1.91 bits per heavy atom. The lowest BCUT2D eigenvalue weighted by Crippen LogP contribution is -2.27. The second-order valence-corrected chi connectivity index (χ2v) is 5.53. The van der Waals surface area contributed by atoms with Gasteiger partial charge in [-0.1, -0.05) is 0 Å². The number of carbonyl (C=O) groups is 1. The van der Waals surface area contributed by atoms with Crippen LogP contribution in [0.25, 0.3) is 6.08 Å². The Kier molecular flexibility index (Phi) is 5.94. The molecule has 0 saturated carbocycles. The van der Waals surface area contributed by atoms with Crippen molar-refractivity contribution in [2.24, 2.45) is 0 Å². The molecule has 1 aromatic carbocycles. The molecule has 0 spiro atoms. The maximum atomic E-state index is 11.9. The third-order valence-electron chi connectivity index (χ3n) is 2.53. The van der Waals surface area contributed by atoms with E-state index in [0.717, 1.165) is 6.20 Å². The van der Waals surface area contributed by atoms with E-state index in [0.29, 0.717) is 11.3 Å². The molecule has 1 aromatic rings. The minimum absolute atomic E-state index is 0.282. The van der Waals surface area contributed by atoms with Crippen LogP contribution in [0.1, 0.15) is 26.3 Å². The lowest BCUT2D eigenvalue weighted by atomic mass is 10.1. The van der Waals surface area contributed by atoms with Gasteiger partial charge in [0.1, 0.15) is 5.60 Å². The van der Waals surface area contributed by atoms with Crippen LogP contribution >= 0.6 is 0 Å². The molecule has 0 radical (unpaired) electrons. The first-order valence-electron chi connectivity index (χ1n) is 6.74. The van der Waals surface area contributed by atoms with Crippen molar-refractivity contribution in [2.45, 2.75) is 26.4 Å². The van der Waals surface area contributed by atoms with E-state index in [4.69, 9.17) is 14.2 Å². The van der Waals surface area contributed by atoms with E-state index in [1.165, 1.54) is 26.4 Å². The number of carbonyl (C=O) groups excluding carboxylic acids is 1. The quantitative estimate of drug-likeness (QED) is 0.659. The van der Waals surface area contributed by atoms with Gasteiger partial charge in [-0.15, -0.1) is 0 Å². The van der Waals surface area contributed by atoms with Crippen molar-refractivity contribution >= 4 is 17.9 Å². The van der Waals surface area contributed by atoms with E-state index >= 15 is 0 Å². The molecule has 0 aliphatic carbocycles. The van der Waals surface area contributed by atoms with Crippen molar-refractivity contribution in [3.05, 3.63) is 34.0 Å². The van der Waals surface area contributed by atoms with Gasteiger partial charge in [-0.2, -0.15) is 0 Å². The van der Waals surface area contributed by atoms with Crippen LogP contribution in [0.2, 0.25) is 0 Å².